The lowest BCUT2D eigenvalue weighted by atomic mass is 10.1. The summed E-state index contributed by atoms with van der Waals surface area (Å²) in [6, 6.07) is 17.1. The summed E-state index contributed by atoms with van der Waals surface area (Å²) in [5.41, 5.74) is 2.64. The van der Waals surface area contributed by atoms with Crippen LogP contribution in [0.25, 0.3) is 11.3 Å². The van der Waals surface area contributed by atoms with E-state index in [4.69, 9.17) is 16.3 Å². The Kier molecular flexibility index (Phi) is 4.07. The first-order valence-electron chi connectivity index (χ1n) is 6.78. The van der Waals surface area contributed by atoms with Gasteiger partial charge in [0.25, 0.3) is 0 Å². The monoisotopic (exact) mass is 313 g/mol. The first-order valence-corrected chi connectivity index (χ1v) is 7.16. The van der Waals surface area contributed by atoms with Gasteiger partial charge in [-0.1, -0.05) is 11.6 Å². The molecule has 0 aliphatic carbocycles. The van der Waals surface area contributed by atoms with Gasteiger partial charge in [-0.15, -0.1) is 0 Å². The molecule has 0 unspecified atom stereocenters. The van der Waals surface area contributed by atoms with E-state index in [0.717, 1.165) is 17.0 Å². The molecule has 0 spiro atoms. The second kappa shape index (κ2) is 6.16. The molecule has 3 rings (SSSR count). The molecule has 0 aliphatic rings. The van der Waals surface area contributed by atoms with Crippen molar-refractivity contribution in [3.63, 3.8) is 0 Å². The lowest BCUT2D eigenvalue weighted by Gasteiger charge is -2.07. The minimum Gasteiger partial charge on any atom is -0.457 e. The maximum absolute atomic E-state index is 12.9. The topological polar surface area (TPSA) is 22.1 Å². The lowest BCUT2D eigenvalue weighted by Crippen LogP contribution is -1.88. The highest BCUT2D eigenvalue weighted by Gasteiger charge is 2.04. The van der Waals surface area contributed by atoms with Crippen LogP contribution in [0.2, 0.25) is 5.02 Å². The molecule has 0 saturated heterocycles. The second-order valence-corrected chi connectivity index (χ2v) is 5.33. The van der Waals surface area contributed by atoms with Gasteiger partial charge in [0.2, 0.25) is 0 Å². The number of pyridine rings is 1. The number of halogens is 2. The van der Waals surface area contributed by atoms with Crippen LogP contribution in [0.1, 0.15) is 5.69 Å². The van der Waals surface area contributed by atoms with Gasteiger partial charge in [0.15, 0.2) is 0 Å². The number of benzene rings is 2. The lowest BCUT2D eigenvalue weighted by molar-refractivity contribution is 0.480. The molecule has 0 atom stereocenters. The molecule has 3 aromatic rings. The molecular formula is C18H13ClFNO. The van der Waals surface area contributed by atoms with E-state index in [0.29, 0.717) is 16.5 Å². The third-order valence-electron chi connectivity index (χ3n) is 3.12. The van der Waals surface area contributed by atoms with E-state index in [1.54, 1.807) is 12.1 Å². The minimum atomic E-state index is -0.287. The van der Waals surface area contributed by atoms with Gasteiger partial charge < -0.3 is 4.74 Å². The number of hydrogen-bond donors (Lipinski definition) is 0. The molecule has 1 aromatic heterocycles. The number of hydrogen-bond acceptors (Lipinski definition) is 2. The summed E-state index contributed by atoms with van der Waals surface area (Å²) in [5.74, 6) is 0.977. The van der Waals surface area contributed by atoms with Crippen molar-refractivity contribution < 1.29 is 9.13 Å². The van der Waals surface area contributed by atoms with Gasteiger partial charge in [0, 0.05) is 16.3 Å². The summed E-state index contributed by atoms with van der Waals surface area (Å²) in [6.45, 7) is 1.90. The van der Waals surface area contributed by atoms with E-state index >= 15 is 0 Å². The smallest absolute Gasteiger partial charge is 0.127 e. The van der Waals surface area contributed by atoms with Crippen molar-refractivity contribution >= 4 is 11.6 Å². The van der Waals surface area contributed by atoms with E-state index in [9.17, 15) is 4.39 Å². The number of rotatable bonds is 3. The average Bonchev–Trinajstić information content (AvgIpc) is 2.49. The fourth-order valence-electron chi connectivity index (χ4n) is 2.11. The number of nitrogens with zero attached hydrogens (tertiary/aromatic N) is 1. The van der Waals surface area contributed by atoms with Crippen molar-refractivity contribution in [2.24, 2.45) is 0 Å². The number of aryl methyl sites for hydroxylation is 1. The molecular weight excluding hydrogens is 301 g/mol. The largest absolute Gasteiger partial charge is 0.457 e. The molecule has 0 amide bonds. The molecule has 0 radical (unpaired) electrons. The van der Waals surface area contributed by atoms with Crippen LogP contribution in [0, 0.1) is 12.7 Å². The molecule has 0 saturated carbocycles. The fourth-order valence-corrected chi connectivity index (χ4v) is 2.37. The first kappa shape index (κ1) is 14.5. The molecule has 110 valence electrons. The molecule has 0 fully saturated rings. The van der Waals surface area contributed by atoms with E-state index in [1.165, 1.54) is 12.1 Å². The zero-order valence-corrected chi connectivity index (χ0v) is 12.6. The van der Waals surface area contributed by atoms with E-state index < -0.39 is 0 Å². The Morgan fingerprint density at radius 1 is 0.909 bits per heavy atom. The van der Waals surface area contributed by atoms with Gasteiger partial charge in [-0.3, -0.25) is 4.98 Å². The fraction of sp³-hybridized carbons (Fsp3) is 0.0556. The molecule has 2 nitrogen and oxygen atoms in total. The van der Waals surface area contributed by atoms with Gasteiger partial charge in [0.1, 0.15) is 17.3 Å². The van der Waals surface area contributed by atoms with Crippen LogP contribution in [0.4, 0.5) is 4.39 Å². The predicted octanol–water partition coefficient (Wildman–Crippen LogP) is 5.64. The van der Waals surface area contributed by atoms with Crippen molar-refractivity contribution in [2.45, 2.75) is 6.92 Å². The van der Waals surface area contributed by atoms with Gasteiger partial charge >= 0.3 is 0 Å². The SMILES string of the molecule is Cc1cc(Cl)cc(-c2ccc(Oc3ccc(F)cc3)cc2)n1. The minimum absolute atomic E-state index is 0.287. The van der Waals surface area contributed by atoms with Crippen molar-refractivity contribution in [1.82, 2.24) is 4.98 Å². The van der Waals surface area contributed by atoms with Gasteiger partial charge in [-0.2, -0.15) is 0 Å². The van der Waals surface area contributed by atoms with Crippen molar-refractivity contribution in [3.05, 3.63) is 77.2 Å². The summed E-state index contributed by atoms with van der Waals surface area (Å²) in [6.07, 6.45) is 0. The maximum atomic E-state index is 12.9. The molecule has 4 heteroatoms. The Labute approximate surface area is 133 Å². The molecule has 0 N–H and O–H groups in total. The molecule has 0 bridgehead atoms. The van der Waals surface area contributed by atoms with Crippen LogP contribution in [-0.2, 0) is 0 Å². The Morgan fingerprint density at radius 3 is 2.09 bits per heavy atom. The van der Waals surface area contributed by atoms with E-state index in [-0.39, 0.29) is 5.82 Å². The Balaban J connectivity index is 1.81. The third kappa shape index (κ3) is 3.43. The highest BCUT2D eigenvalue weighted by atomic mass is 35.5. The Morgan fingerprint density at radius 2 is 1.50 bits per heavy atom. The summed E-state index contributed by atoms with van der Waals surface area (Å²) in [7, 11) is 0. The highest BCUT2D eigenvalue weighted by Crippen LogP contribution is 2.26. The zero-order valence-electron chi connectivity index (χ0n) is 11.9. The second-order valence-electron chi connectivity index (χ2n) is 4.89. The molecule has 22 heavy (non-hydrogen) atoms. The van der Waals surface area contributed by atoms with Gasteiger partial charge in [-0.05, 0) is 67.6 Å². The van der Waals surface area contributed by atoms with Crippen LogP contribution in [0.15, 0.2) is 60.7 Å². The average molecular weight is 314 g/mol. The number of aromatic nitrogens is 1. The van der Waals surface area contributed by atoms with Crippen LogP contribution < -0.4 is 4.74 Å². The summed E-state index contributed by atoms with van der Waals surface area (Å²) >= 11 is 6.06. The van der Waals surface area contributed by atoms with Crippen LogP contribution >= 0.6 is 11.6 Å². The first-order chi connectivity index (χ1) is 10.6. The molecule has 2 aromatic carbocycles. The highest BCUT2D eigenvalue weighted by molar-refractivity contribution is 6.30. The van der Waals surface area contributed by atoms with Crippen LogP contribution in [-0.4, -0.2) is 4.98 Å². The zero-order chi connectivity index (χ0) is 15.5. The van der Waals surface area contributed by atoms with Crippen LogP contribution in [0.5, 0.6) is 11.5 Å². The third-order valence-corrected chi connectivity index (χ3v) is 3.34. The van der Waals surface area contributed by atoms with Crippen molar-refractivity contribution in [3.8, 4) is 22.8 Å². The molecule has 1 heterocycles. The summed E-state index contributed by atoms with van der Waals surface area (Å²) < 4.78 is 18.5. The Hall–Kier alpha value is -2.39. The van der Waals surface area contributed by atoms with E-state index in [2.05, 4.69) is 4.98 Å². The standard InChI is InChI=1S/C18H13ClFNO/c1-12-10-14(19)11-18(21-12)13-2-6-16(7-3-13)22-17-8-4-15(20)5-9-17/h2-11H,1H3. The maximum Gasteiger partial charge on any atom is 0.127 e. The van der Waals surface area contributed by atoms with Crippen LogP contribution in [0.3, 0.4) is 0 Å². The van der Waals surface area contributed by atoms with Gasteiger partial charge in [0.05, 0.1) is 5.69 Å². The number of ether oxygens (including phenoxy) is 1. The quantitative estimate of drug-likeness (QED) is 0.624. The predicted molar refractivity (Wildman–Crippen MR) is 85.9 cm³/mol. The van der Waals surface area contributed by atoms with Gasteiger partial charge in [-0.25, -0.2) is 4.39 Å². The summed E-state index contributed by atoms with van der Waals surface area (Å²) in [4.78, 5) is 4.46. The molecule has 0 aliphatic heterocycles. The Bertz CT molecular complexity index is 765. The van der Waals surface area contributed by atoms with E-state index in [1.807, 2.05) is 43.3 Å². The normalized spacial score (nSPS) is 10.5. The van der Waals surface area contributed by atoms with Crippen molar-refractivity contribution in [1.29, 1.82) is 0 Å². The summed E-state index contributed by atoms with van der Waals surface area (Å²) in [5, 5.41) is 0.661. The van der Waals surface area contributed by atoms with Crippen molar-refractivity contribution in [2.75, 3.05) is 0 Å².